The van der Waals surface area contributed by atoms with E-state index in [9.17, 15) is 9.59 Å². The minimum atomic E-state index is -0.613. The van der Waals surface area contributed by atoms with Gasteiger partial charge in [-0.25, -0.2) is 4.68 Å². The highest BCUT2D eigenvalue weighted by Gasteiger charge is 2.34. The number of carbonyl (C=O) groups excluding carboxylic acids is 2. The number of rotatable bonds is 3. The zero-order chi connectivity index (χ0) is 12.6. The lowest BCUT2D eigenvalue weighted by atomic mass is 10.1. The molecule has 2 rings (SSSR count). The number of amides is 2. The van der Waals surface area contributed by atoms with E-state index in [0.717, 1.165) is 0 Å². The molecule has 1 atom stereocenters. The van der Waals surface area contributed by atoms with E-state index in [1.54, 1.807) is 16.5 Å². The van der Waals surface area contributed by atoms with Crippen LogP contribution < -0.4 is 5.73 Å². The van der Waals surface area contributed by atoms with Gasteiger partial charge in [-0.15, -0.1) is 16.7 Å². The molecule has 0 spiro atoms. The molecule has 0 saturated carbocycles. The molecular weight excluding hydrogens is 246 g/mol. The minimum absolute atomic E-state index is 0.0370. The molecule has 2 N–H and O–H groups in total. The van der Waals surface area contributed by atoms with Gasteiger partial charge >= 0.3 is 0 Å². The Kier molecular flexibility index (Phi) is 3.01. The van der Waals surface area contributed by atoms with Crippen molar-refractivity contribution >= 4 is 23.4 Å². The van der Waals surface area contributed by atoms with Crippen LogP contribution in [-0.2, 0) is 4.79 Å². The number of hydrogen-bond acceptors (Lipinski definition) is 4. The summed E-state index contributed by atoms with van der Waals surface area (Å²) in [5.74, 6) is -0.712. The van der Waals surface area contributed by atoms with Gasteiger partial charge in [-0.05, 0) is 6.92 Å². The number of halogens is 1. The molecular formula is C9H12ClN5O2. The molecule has 92 valence electrons. The van der Waals surface area contributed by atoms with E-state index in [2.05, 4.69) is 10.3 Å². The number of alkyl halides is 1. The van der Waals surface area contributed by atoms with Crippen LogP contribution >= 0.6 is 11.6 Å². The summed E-state index contributed by atoms with van der Waals surface area (Å²) in [4.78, 5) is 24.0. The lowest BCUT2D eigenvalue weighted by Gasteiger charge is -2.39. The molecule has 1 saturated heterocycles. The molecule has 1 aromatic heterocycles. The maximum atomic E-state index is 11.5. The predicted octanol–water partition coefficient (Wildman–Crippen LogP) is -0.612. The summed E-state index contributed by atoms with van der Waals surface area (Å²) in [5, 5.41) is 6.91. The Labute approximate surface area is 103 Å². The van der Waals surface area contributed by atoms with Crippen LogP contribution in [0.3, 0.4) is 0 Å². The van der Waals surface area contributed by atoms with Crippen molar-refractivity contribution in [1.82, 2.24) is 19.9 Å². The maximum absolute atomic E-state index is 11.5. The SMILES string of the molecule is CC(Cl)C(=O)N1CC(n2cc(C(N)=O)nn2)C1. The van der Waals surface area contributed by atoms with E-state index in [4.69, 9.17) is 17.3 Å². The van der Waals surface area contributed by atoms with Crippen LogP contribution in [-0.4, -0.2) is 50.2 Å². The van der Waals surface area contributed by atoms with E-state index in [1.165, 1.54) is 6.20 Å². The monoisotopic (exact) mass is 257 g/mol. The smallest absolute Gasteiger partial charge is 0.270 e. The van der Waals surface area contributed by atoms with Crippen molar-refractivity contribution in [2.24, 2.45) is 5.73 Å². The Morgan fingerprint density at radius 1 is 1.59 bits per heavy atom. The third-order valence-corrected chi connectivity index (χ3v) is 2.84. The molecule has 1 aromatic rings. The molecule has 1 aliphatic heterocycles. The van der Waals surface area contributed by atoms with Crippen LogP contribution in [0.5, 0.6) is 0 Å². The van der Waals surface area contributed by atoms with Gasteiger partial charge < -0.3 is 10.6 Å². The fourth-order valence-electron chi connectivity index (χ4n) is 1.62. The summed E-state index contributed by atoms with van der Waals surface area (Å²) >= 11 is 5.69. The van der Waals surface area contributed by atoms with E-state index in [-0.39, 0.29) is 17.6 Å². The first-order valence-electron chi connectivity index (χ1n) is 5.13. The molecule has 7 nitrogen and oxygen atoms in total. The molecule has 17 heavy (non-hydrogen) atoms. The van der Waals surface area contributed by atoms with Gasteiger partial charge in [-0.1, -0.05) is 5.21 Å². The van der Waals surface area contributed by atoms with Crippen molar-refractivity contribution in [2.75, 3.05) is 13.1 Å². The molecule has 0 radical (unpaired) electrons. The summed E-state index contributed by atoms with van der Waals surface area (Å²) in [6.07, 6.45) is 1.49. The Bertz CT molecular complexity index is 452. The van der Waals surface area contributed by atoms with E-state index in [0.29, 0.717) is 13.1 Å². The molecule has 1 fully saturated rings. The fourth-order valence-corrected chi connectivity index (χ4v) is 1.76. The van der Waals surface area contributed by atoms with Crippen LogP contribution in [0.2, 0.25) is 0 Å². The molecule has 8 heteroatoms. The van der Waals surface area contributed by atoms with Crippen molar-refractivity contribution in [2.45, 2.75) is 18.3 Å². The Balaban J connectivity index is 1.95. The molecule has 2 amide bonds. The second-order valence-electron chi connectivity index (χ2n) is 3.96. The third kappa shape index (κ3) is 2.23. The second-order valence-corrected chi connectivity index (χ2v) is 4.62. The normalized spacial score (nSPS) is 17.6. The first-order valence-corrected chi connectivity index (χ1v) is 5.57. The number of likely N-dealkylation sites (tertiary alicyclic amines) is 1. The first-order chi connectivity index (χ1) is 7.99. The third-order valence-electron chi connectivity index (χ3n) is 2.65. The Morgan fingerprint density at radius 2 is 2.24 bits per heavy atom. The van der Waals surface area contributed by atoms with E-state index in [1.807, 2.05) is 0 Å². The number of primary amides is 1. The van der Waals surface area contributed by atoms with Gasteiger partial charge in [0, 0.05) is 13.1 Å². The number of aromatic nitrogens is 3. The van der Waals surface area contributed by atoms with Crippen LogP contribution in [0.1, 0.15) is 23.5 Å². The highest BCUT2D eigenvalue weighted by Crippen LogP contribution is 2.21. The number of hydrogen-bond donors (Lipinski definition) is 1. The van der Waals surface area contributed by atoms with Crippen LogP contribution in [0.15, 0.2) is 6.20 Å². The van der Waals surface area contributed by atoms with Crippen molar-refractivity contribution in [3.63, 3.8) is 0 Å². The van der Waals surface area contributed by atoms with E-state index >= 15 is 0 Å². The highest BCUT2D eigenvalue weighted by molar-refractivity contribution is 6.30. The topological polar surface area (TPSA) is 94.1 Å². The largest absolute Gasteiger partial charge is 0.364 e. The summed E-state index contributed by atoms with van der Waals surface area (Å²) in [6.45, 7) is 2.69. The lowest BCUT2D eigenvalue weighted by Crippen LogP contribution is -2.52. The Morgan fingerprint density at radius 3 is 2.71 bits per heavy atom. The van der Waals surface area contributed by atoms with Crippen molar-refractivity contribution in [3.8, 4) is 0 Å². The van der Waals surface area contributed by atoms with Gasteiger partial charge in [-0.3, -0.25) is 9.59 Å². The van der Waals surface area contributed by atoms with Crippen molar-refractivity contribution in [1.29, 1.82) is 0 Å². The van der Waals surface area contributed by atoms with Gasteiger partial charge in [0.2, 0.25) is 5.91 Å². The van der Waals surface area contributed by atoms with Crippen molar-refractivity contribution < 1.29 is 9.59 Å². The Hall–Kier alpha value is -1.63. The average Bonchev–Trinajstić information content (AvgIpc) is 2.64. The highest BCUT2D eigenvalue weighted by atomic mass is 35.5. The maximum Gasteiger partial charge on any atom is 0.270 e. The summed E-state index contributed by atoms with van der Waals surface area (Å²) in [6, 6.07) is 0.0370. The van der Waals surface area contributed by atoms with Gasteiger partial charge in [0.1, 0.15) is 5.38 Å². The molecule has 1 unspecified atom stereocenters. The van der Waals surface area contributed by atoms with Gasteiger partial charge in [0.15, 0.2) is 5.69 Å². The molecule has 2 heterocycles. The predicted molar refractivity (Wildman–Crippen MR) is 59.5 cm³/mol. The average molecular weight is 258 g/mol. The summed E-state index contributed by atoms with van der Waals surface area (Å²) < 4.78 is 1.54. The van der Waals surface area contributed by atoms with Gasteiger partial charge in [0.25, 0.3) is 5.91 Å². The summed E-state index contributed by atoms with van der Waals surface area (Å²) in [7, 11) is 0. The summed E-state index contributed by atoms with van der Waals surface area (Å²) in [5.41, 5.74) is 5.19. The fraction of sp³-hybridized carbons (Fsp3) is 0.556. The van der Waals surface area contributed by atoms with Crippen molar-refractivity contribution in [3.05, 3.63) is 11.9 Å². The van der Waals surface area contributed by atoms with Crippen LogP contribution in [0, 0.1) is 0 Å². The minimum Gasteiger partial charge on any atom is -0.364 e. The molecule has 0 aromatic carbocycles. The van der Waals surface area contributed by atoms with Gasteiger partial charge in [-0.2, -0.15) is 0 Å². The van der Waals surface area contributed by atoms with E-state index < -0.39 is 11.3 Å². The molecule has 0 bridgehead atoms. The first kappa shape index (κ1) is 11.8. The zero-order valence-corrected chi connectivity index (χ0v) is 9.96. The lowest BCUT2D eigenvalue weighted by molar-refractivity contribution is -0.136. The van der Waals surface area contributed by atoms with Crippen LogP contribution in [0.25, 0.3) is 0 Å². The quantitative estimate of drug-likeness (QED) is 0.731. The zero-order valence-electron chi connectivity index (χ0n) is 9.21. The number of nitrogens with two attached hydrogens (primary N) is 1. The number of nitrogens with zero attached hydrogens (tertiary/aromatic N) is 4. The molecule has 0 aliphatic carbocycles. The second kappa shape index (κ2) is 4.33. The number of carbonyl (C=O) groups is 2. The van der Waals surface area contributed by atoms with Crippen LogP contribution in [0.4, 0.5) is 0 Å². The standard InChI is InChI=1S/C9H12ClN5O2/c1-5(10)9(17)14-2-6(3-14)15-4-7(8(11)16)12-13-15/h4-6H,2-3H2,1H3,(H2,11,16). The van der Waals surface area contributed by atoms with Gasteiger partial charge in [0.05, 0.1) is 12.2 Å². The molecule has 1 aliphatic rings.